The number of hydrogen-bond acceptors (Lipinski definition) is 5. The van der Waals surface area contributed by atoms with E-state index in [1.807, 2.05) is 19.1 Å². The number of rotatable bonds is 5. The first kappa shape index (κ1) is 18.4. The lowest BCUT2D eigenvalue weighted by molar-refractivity contribution is -0.115. The molecule has 7 nitrogen and oxygen atoms in total. The first-order valence-corrected chi connectivity index (χ1v) is 8.61. The van der Waals surface area contributed by atoms with Gasteiger partial charge in [-0.3, -0.25) is 9.59 Å². The third-order valence-corrected chi connectivity index (χ3v) is 3.90. The maximum atomic E-state index is 12.2. The Morgan fingerprint density at radius 2 is 1.74 bits per heavy atom. The van der Waals surface area contributed by atoms with E-state index in [0.29, 0.717) is 41.7 Å². The van der Waals surface area contributed by atoms with E-state index in [2.05, 4.69) is 15.8 Å². The number of carbonyl (C=O) groups is 2. The Labute approximate surface area is 157 Å². The van der Waals surface area contributed by atoms with Crippen molar-refractivity contribution < 1.29 is 19.1 Å². The molecule has 0 unspecified atom stereocenters. The van der Waals surface area contributed by atoms with E-state index in [9.17, 15) is 9.59 Å². The molecular formula is C20H21N3O4. The number of anilines is 1. The third kappa shape index (κ3) is 5.07. The number of amides is 2. The summed E-state index contributed by atoms with van der Waals surface area (Å²) in [5.74, 6) is 0.713. The Morgan fingerprint density at radius 3 is 2.48 bits per heavy atom. The van der Waals surface area contributed by atoms with E-state index >= 15 is 0 Å². The van der Waals surface area contributed by atoms with Crippen LogP contribution in [-0.2, 0) is 4.79 Å². The molecule has 2 N–H and O–H groups in total. The van der Waals surface area contributed by atoms with Gasteiger partial charge in [-0.2, -0.15) is 5.10 Å². The summed E-state index contributed by atoms with van der Waals surface area (Å²) in [6.45, 7) is 4.63. The van der Waals surface area contributed by atoms with Gasteiger partial charge in [0, 0.05) is 23.0 Å². The molecule has 140 valence electrons. The molecule has 1 aliphatic rings. The number of benzene rings is 2. The van der Waals surface area contributed by atoms with Gasteiger partial charge >= 0.3 is 0 Å². The molecule has 0 aliphatic carbocycles. The van der Waals surface area contributed by atoms with Gasteiger partial charge in [0.1, 0.15) is 13.2 Å². The van der Waals surface area contributed by atoms with Crippen molar-refractivity contribution in [1.29, 1.82) is 0 Å². The van der Waals surface area contributed by atoms with E-state index in [4.69, 9.17) is 9.47 Å². The van der Waals surface area contributed by atoms with Crippen LogP contribution in [0.4, 0.5) is 5.69 Å². The van der Waals surface area contributed by atoms with Crippen LogP contribution in [0.2, 0.25) is 0 Å². The summed E-state index contributed by atoms with van der Waals surface area (Å²) in [5, 5.41) is 6.77. The first-order valence-electron chi connectivity index (χ1n) is 8.61. The summed E-state index contributed by atoms with van der Waals surface area (Å²) in [5.41, 5.74) is 5.15. The molecule has 27 heavy (non-hydrogen) atoms. The van der Waals surface area contributed by atoms with Crippen LogP contribution in [0.3, 0.4) is 0 Å². The van der Waals surface area contributed by atoms with Crippen molar-refractivity contribution >= 4 is 23.2 Å². The first-order chi connectivity index (χ1) is 13.0. The fourth-order valence-electron chi connectivity index (χ4n) is 2.51. The molecule has 0 aromatic heterocycles. The highest BCUT2D eigenvalue weighted by molar-refractivity contribution is 6.06. The maximum Gasteiger partial charge on any atom is 0.271 e. The normalized spacial score (nSPS) is 13.0. The molecule has 0 fully saturated rings. The maximum absolute atomic E-state index is 12.2. The Hall–Kier alpha value is -3.35. The molecule has 0 radical (unpaired) electrons. The second-order valence-electron chi connectivity index (χ2n) is 6.24. The van der Waals surface area contributed by atoms with Crippen LogP contribution in [0.25, 0.3) is 0 Å². The fraction of sp³-hybridized carbons (Fsp3) is 0.250. The average Bonchev–Trinajstić information content (AvgIpc) is 2.66. The van der Waals surface area contributed by atoms with Crippen molar-refractivity contribution in [2.45, 2.75) is 20.3 Å². The lowest BCUT2D eigenvalue weighted by Gasteiger charge is -2.19. The fourth-order valence-corrected chi connectivity index (χ4v) is 2.51. The van der Waals surface area contributed by atoms with Crippen molar-refractivity contribution in [3.8, 4) is 11.5 Å². The monoisotopic (exact) mass is 367 g/mol. The number of carbonyl (C=O) groups excluding carboxylic acids is 2. The zero-order valence-electron chi connectivity index (χ0n) is 15.2. The van der Waals surface area contributed by atoms with Gasteiger partial charge in [-0.05, 0) is 38.1 Å². The van der Waals surface area contributed by atoms with E-state index in [-0.39, 0.29) is 18.2 Å². The van der Waals surface area contributed by atoms with Crippen molar-refractivity contribution in [2.24, 2.45) is 5.10 Å². The zero-order valence-corrected chi connectivity index (χ0v) is 15.2. The van der Waals surface area contributed by atoms with E-state index < -0.39 is 0 Å². The van der Waals surface area contributed by atoms with Crippen LogP contribution in [-0.4, -0.2) is 30.7 Å². The number of aryl methyl sites for hydroxylation is 1. The van der Waals surface area contributed by atoms with E-state index in [1.54, 1.807) is 37.3 Å². The summed E-state index contributed by atoms with van der Waals surface area (Å²) in [6.07, 6.45) is 0.0582. The molecular weight excluding hydrogens is 346 g/mol. The van der Waals surface area contributed by atoms with E-state index in [0.717, 1.165) is 5.56 Å². The lowest BCUT2D eigenvalue weighted by Crippen LogP contribution is -2.21. The largest absolute Gasteiger partial charge is 0.486 e. The van der Waals surface area contributed by atoms with Gasteiger partial charge in [0.05, 0.1) is 6.42 Å². The molecule has 2 aromatic rings. The van der Waals surface area contributed by atoms with Gasteiger partial charge in [0.15, 0.2) is 11.5 Å². The highest BCUT2D eigenvalue weighted by atomic mass is 16.6. The zero-order chi connectivity index (χ0) is 19.2. The minimum absolute atomic E-state index is 0.0582. The molecule has 0 saturated heterocycles. The smallest absolute Gasteiger partial charge is 0.271 e. The molecule has 3 rings (SSSR count). The molecule has 0 saturated carbocycles. The third-order valence-electron chi connectivity index (χ3n) is 3.90. The van der Waals surface area contributed by atoms with Crippen molar-refractivity contribution in [1.82, 2.24) is 5.43 Å². The molecule has 7 heteroatoms. The average molecular weight is 367 g/mol. The van der Waals surface area contributed by atoms with Crippen LogP contribution in [0.1, 0.15) is 29.3 Å². The van der Waals surface area contributed by atoms with Crippen molar-refractivity contribution in [2.75, 3.05) is 18.5 Å². The van der Waals surface area contributed by atoms with Crippen LogP contribution >= 0.6 is 0 Å². The van der Waals surface area contributed by atoms with E-state index in [1.165, 1.54) is 0 Å². The molecule has 1 heterocycles. The lowest BCUT2D eigenvalue weighted by atomic mass is 10.1. The topological polar surface area (TPSA) is 89.0 Å². The summed E-state index contributed by atoms with van der Waals surface area (Å²) in [7, 11) is 0. The Morgan fingerprint density at radius 1 is 1.04 bits per heavy atom. The minimum atomic E-state index is -0.318. The number of hydrazone groups is 1. The van der Waals surface area contributed by atoms with Gasteiger partial charge in [0.2, 0.25) is 5.91 Å². The van der Waals surface area contributed by atoms with Crippen molar-refractivity contribution in [3.05, 3.63) is 53.6 Å². The Bertz CT molecular complexity index is 875. The SMILES string of the molecule is C/C(CC(=O)Nc1ccc2c(c1)OCCO2)=N/NC(=O)c1ccc(C)cc1. The molecule has 2 aromatic carbocycles. The van der Waals surface area contributed by atoms with Crippen LogP contribution in [0.5, 0.6) is 11.5 Å². The summed E-state index contributed by atoms with van der Waals surface area (Å²) < 4.78 is 10.9. The molecule has 2 amide bonds. The van der Waals surface area contributed by atoms with Gasteiger partial charge in [0.25, 0.3) is 5.91 Å². The summed E-state index contributed by atoms with van der Waals surface area (Å²) in [6, 6.07) is 12.4. The Balaban J connectivity index is 1.53. The highest BCUT2D eigenvalue weighted by Gasteiger charge is 2.13. The number of fused-ring (bicyclic) bond motifs is 1. The second kappa shape index (κ2) is 8.35. The van der Waals surface area contributed by atoms with Gasteiger partial charge in [-0.15, -0.1) is 0 Å². The van der Waals surface area contributed by atoms with Gasteiger partial charge < -0.3 is 14.8 Å². The summed E-state index contributed by atoms with van der Waals surface area (Å²) >= 11 is 0. The van der Waals surface area contributed by atoms with Crippen LogP contribution in [0.15, 0.2) is 47.6 Å². The van der Waals surface area contributed by atoms with Crippen molar-refractivity contribution in [3.63, 3.8) is 0 Å². The predicted octanol–water partition coefficient (Wildman–Crippen LogP) is 2.90. The second-order valence-corrected chi connectivity index (χ2v) is 6.24. The standard InChI is InChI=1S/C20H21N3O4/c1-13-3-5-15(6-4-13)20(25)23-22-14(2)11-19(24)21-16-7-8-17-18(12-16)27-10-9-26-17/h3-8,12H,9-11H2,1-2H3,(H,21,24)(H,23,25)/b22-14-. The number of nitrogens with zero attached hydrogens (tertiary/aromatic N) is 1. The molecule has 0 bridgehead atoms. The van der Waals surface area contributed by atoms with Gasteiger partial charge in [-0.25, -0.2) is 5.43 Å². The molecule has 0 spiro atoms. The number of nitrogens with one attached hydrogen (secondary N) is 2. The van der Waals surface area contributed by atoms with Crippen LogP contribution in [0, 0.1) is 6.92 Å². The summed E-state index contributed by atoms with van der Waals surface area (Å²) in [4.78, 5) is 24.2. The highest BCUT2D eigenvalue weighted by Crippen LogP contribution is 2.32. The number of hydrogen-bond donors (Lipinski definition) is 2. The predicted molar refractivity (Wildman–Crippen MR) is 102 cm³/mol. The molecule has 0 atom stereocenters. The quantitative estimate of drug-likeness (QED) is 0.628. The minimum Gasteiger partial charge on any atom is -0.486 e. The molecule has 1 aliphatic heterocycles. The van der Waals surface area contributed by atoms with Crippen LogP contribution < -0.4 is 20.2 Å². The number of ether oxygens (including phenoxy) is 2. The Kier molecular flexibility index (Phi) is 5.71. The van der Waals surface area contributed by atoms with Gasteiger partial charge in [-0.1, -0.05) is 17.7 Å².